The van der Waals surface area contributed by atoms with E-state index in [1.54, 1.807) is 0 Å². The number of carboxylic acids is 1. The van der Waals surface area contributed by atoms with Crippen molar-refractivity contribution in [2.75, 3.05) is 26.7 Å². The van der Waals surface area contributed by atoms with Crippen molar-refractivity contribution in [3.63, 3.8) is 0 Å². The van der Waals surface area contributed by atoms with Crippen LogP contribution in [0.15, 0.2) is 36.4 Å². The number of benzene rings is 2. The maximum Gasteiger partial charge on any atom is 0.340 e. The first-order valence-electron chi connectivity index (χ1n) is 12.1. The Labute approximate surface area is 207 Å². The Morgan fingerprint density at radius 2 is 1.68 bits per heavy atom. The second kappa shape index (κ2) is 12.2. The SMILES string of the molecule is CCN(CC)CC.COc1c(Cc2ccc(Cl)cc2)nc2c3c(ccc2c1C(=O)O)CCCC3. The predicted octanol–water partition coefficient (Wildman–Crippen LogP) is 6.41. The lowest BCUT2D eigenvalue weighted by Crippen LogP contribution is -2.21. The van der Waals surface area contributed by atoms with Crippen molar-refractivity contribution < 1.29 is 14.6 Å². The van der Waals surface area contributed by atoms with Crippen molar-refractivity contribution in [1.29, 1.82) is 0 Å². The number of fused-ring (bicyclic) bond motifs is 3. The molecule has 1 heterocycles. The Morgan fingerprint density at radius 3 is 2.24 bits per heavy atom. The summed E-state index contributed by atoms with van der Waals surface area (Å²) < 4.78 is 5.52. The molecule has 4 rings (SSSR count). The lowest BCUT2D eigenvalue weighted by molar-refractivity contribution is 0.0695. The number of aromatic carboxylic acids is 1. The number of nitrogens with zero attached hydrogens (tertiary/aromatic N) is 2. The maximum absolute atomic E-state index is 12.1. The highest BCUT2D eigenvalue weighted by Crippen LogP contribution is 2.36. The van der Waals surface area contributed by atoms with Crippen LogP contribution in [-0.4, -0.2) is 47.7 Å². The molecule has 34 heavy (non-hydrogen) atoms. The highest BCUT2D eigenvalue weighted by Gasteiger charge is 2.24. The Morgan fingerprint density at radius 1 is 1.03 bits per heavy atom. The minimum atomic E-state index is -0.993. The average Bonchev–Trinajstić information content (AvgIpc) is 2.86. The summed E-state index contributed by atoms with van der Waals surface area (Å²) in [6, 6.07) is 11.4. The number of methoxy groups -OCH3 is 1. The molecular formula is C28H35ClN2O3. The second-order valence-corrected chi connectivity index (χ2v) is 8.94. The van der Waals surface area contributed by atoms with Gasteiger partial charge in [0.05, 0.1) is 18.3 Å². The zero-order chi connectivity index (χ0) is 24.7. The predicted molar refractivity (Wildman–Crippen MR) is 140 cm³/mol. The molecule has 3 aromatic rings. The third-order valence-corrected chi connectivity index (χ3v) is 6.80. The van der Waals surface area contributed by atoms with Crippen LogP contribution in [0.4, 0.5) is 0 Å². The molecule has 0 spiro atoms. The lowest BCUT2D eigenvalue weighted by Gasteiger charge is -2.20. The van der Waals surface area contributed by atoms with Crippen LogP contribution < -0.4 is 4.74 Å². The molecule has 6 heteroatoms. The summed E-state index contributed by atoms with van der Waals surface area (Å²) in [5.74, 6) is -0.659. The van der Waals surface area contributed by atoms with Crippen LogP contribution in [0, 0.1) is 0 Å². The number of rotatable bonds is 7. The molecule has 2 aromatic carbocycles. The summed E-state index contributed by atoms with van der Waals surface area (Å²) in [4.78, 5) is 19.4. The molecule has 0 saturated heterocycles. The number of carbonyl (C=O) groups is 1. The topological polar surface area (TPSA) is 62.7 Å². The number of halogens is 1. The van der Waals surface area contributed by atoms with Gasteiger partial charge in [0, 0.05) is 16.8 Å². The standard InChI is InChI=1S/C22H20ClNO3.C6H15N/c1-27-21-18(12-13-6-9-15(23)10-7-13)24-20-16-5-3-2-4-14(16)8-11-17(20)19(21)22(25)26;1-4-7(5-2)6-3/h6-11H,2-5,12H2,1H3,(H,25,26);4-6H2,1-3H3. The second-order valence-electron chi connectivity index (χ2n) is 8.50. The van der Waals surface area contributed by atoms with Gasteiger partial charge in [-0.15, -0.1) is 0 Å². The number of hydrogen-bond donors (Lipinski definition) is 1. The fourth-order valence-corrected chi connectivity index (χ4v) is 4.73. The fraction of sp³-hybridized carbons (Fsp3) is 0.429. The summed E-state index contributed by atoms with van der Waals surface area (Å²) in [5, 5.41) is 11.2. The van der Waals surface area contributed by atoms with Crippen LogP contribution in [0.1, 0.15) is 66.4 Å². The van der Waals surface area contributed by atoms with Gasteiger partial charge in [0.15, 0.2) is 5.75 Å². The Balaban J connectivity index is 0.000000406. The van der Waals surface area contributed by atoms with Gasteiger partial charge in [-0.25, -0.2) is 9.78 Å². The summed E-state index contributed by atoms with van der Waals surface area (Å²) in [6.45, 7) is 10.1. The van der Waals surface area contributed by atoms with E-state index in [-0.39, 0.29) is 5.56 Å². The average molecular weight is 483 g/mol. The number of aryl methyl sites for hydroxylation is 2. The molecule has 0 saturated carbocycles. The van der Waals surface area contributed by atoms with Gasteiger partial charge in [0.1, 0.15) is 5.56 Å². The lowest BCUT2D eigenvalue weighted by atomic mass is 9.88. The van der Waals surface area contributed by atoms with Crippen LogP contribution in [0.3, 0.4) is 0 Å². The molecule has 182 valence electrons. The van der Waals surface area contributed by atoms with Crippen LogP contribution in [-0.2, 0) is 19.3 Å². The van der Waals surface area contributed by atoms with E-state index in [9.17, 15) is 9.90 Å². The van der Waals surface area contributed by atoms with Gasteiger partial charge in [-0.3, -0.25) is 0 Å². The maximum atomic E-state index is 12.1. The first kappa shape index (κ1) is 26.0. The molecule has 1 aliphatic rings. The van der Waals surface area contributed by atoms with E-state index < -0.39 is 5.97 Å². The van der Waals surface area contributed by atoms with Crippen molar-refractivity contribution in [2.24, 2.45) is 0 Å². The van der Waals surface area contributed by atoms with Crippen molar-refractivity contribution in [2.45, 2.75) is 52.9 Å². The largest absolute Gasteiger partial charge is 0.494 e. The van der Waals surface area contributed by atoms with Crippen molar-refractivity contribution >= 4 is 28.5 Å². The zero-order valence-electron chi connectivity index (χ0n) is 20.7. The first-order valence-corrected chi connectivity index (χ1v) is 12.5. The number of carboxylic acid groups (broad SMARTS) is 1. The van der Waals surface area contributed by atoms with Crippen molar-refractivity contribution in [1.82, 2.24) is 9.88 Å². The van der Waals surface area contributed by atoms with E-state index >= 15 is 0 Å². The van der Waals surface area contributed by atoms with Gasteiger partial charge in [0.2, 0.25) is 0 Å². The molecule has 0 unspecified atom stereocenters. The van der Waals surface area contributed by atoms with E-state index in [4.69, 9.17) is 21.3 Å². The summed E-state index contributed by atoms with van der Waals surface area (Å²) >= 11 is 5.98. The minimum absolute atomic E-state index is 0.194. The molecule has 0 amide bonds. The van der Waals surface area contributed by atoms with E-state index in [1.807, 2.05) is 36.4 Å². The van der Waals surface area contributed by atoms with Crippen LogP contribution >= 0.6 is 11.6 Å². The molecule has 0 aliphatic heterocycles. The molecule has 0 bridgehead atoms. The van der Waals surface area contributed by atoms with Crippen molar-refractivity contribution in [3.05, 3.63) is 69.4 Å². The summed E-state index contributed by atoms with van der Waals surface area (Å²) in [6.07, 6.45) is 4.71. The summed E-state index contributed by atoms with van der Waals surface area (Å²) in [5.41, 5.74) is 5.10. The van der Waals surface area contributed by atoms with Gasteiger partial charge in [-0.1, -0.05) is 56.6 Å². The van der Waals surface area contributed by atoms with E-state index in [1.165, 1.54) is 37.9 Å². The molecule has 0 atom stereocenters. The third kappa shape index (κ3) is 5.89. The van der Waals surface area contributed by atoms with Gasteiger partial charge in [-0.05, 0) is 74.1 Å². The molecule has 1 N–H and O–H groups in total. The van der Waals surface area contributed by atoms with Crippen molar-refractivity contribution in [3.8, 4) is 5.75 Å². The smallest absolute Gasteiger partial charge is 0.340 e. The molecular weight excluding hydrogens is 448 g/mol. The van der Waals surface area contributed by atoms with Crippen LogP contribution in [0.5, 0.6) is 5.75 Å². The van der Waals surface area contributed by atoms with E-state index in [0.717, 1.165) is 36.8 Å². The zero-order valence-corrected chi connectivity index (χ0v) is 21.4. The minimum Gasteiger partial charge on any atom is -0.494 e. The Kier molecular flexibility index (Phi) is 9.31. The summed E-state index contributed by atoms with van der Waals surface area (Å²) in [7, 11) is 1.50. The van der Waals surface area contributed by atoms with E-state index in [0.29, 0.717) is 28.3 Å². The third-order valence-electron chi connectivity index (χ3n) is 6.55. The van der Waals surface area contributed by atoms with Gasteiger partial charge in [0.25, 0.3) is 0 Å². The molecule has 1 aromatic heterocycles. The molecule has 0 radical (unpaired) electrons. The normalized spacial score (nSPS) is 12.8. The first-order chi connectivity index (χ1) is 16.4. The molecule has 1 aliphatic carbocycles. The molecule has 0 fully saturated rings. The molecule has 5 nitrogen and oxygen atoms in total. The van der Waals surface area contributed by atoms with E-state index in [2.05, 4.69) is 25.7 Å². The van der Waals surface area contributed by atoms with Crippen LogP contribution in [0.2, 0.25) is 5.02 Å². The van der Waals surface area contributed by atoms with Gasteiger partial charge < -0.3 is 14.7 Å². The quantitative estimate of drug-likeness (QED) is 0.421. The van der Waals surface area contributed by atoms with Gasteiger partial charge in [-0.2, -0.15) is 0 Å². The number of hydrogen-bond acceptors (Lipinski definition) is 4. The van der Waals surface area contributed by atoms with Crippen LogP contribution in [0.25, 0.3) is 10.9 Å². The monoisotopic (exact) mass is 482 g/mol. The highest BCUT2D eigenvalue weighted by atomic mass is 35.5. The number of aromatic nitrogens is 1. The fourth-order valence-electron chi connectivity index (χ4n) is 4.61. The highest BCUT2D eigenvalue weighted by molar-refractivity contribution is 6.30. The number of pyridine rings is 1. The Hall–Kier alpha value is -2.63. The van der Waals surface area contributed by atoms with Gasteiger partial charge >= 0.3 is 5.97 Å². The number of ether oxygens (including phenoxy) is 1. The Bertz CT molecular complexity index is 1120.